The highest BCUT2D eigenvalue weighted by atomic mass is 35.5. The predicted molar refractivity (Wildman–Crippen MR) is 89.9 cm³/mol. The highest BCUT2D eigenvalue weighted by Crippen LogP contribution is 2.32. The van der Waals surface area contributed by atoms with Crippen molar-refractivity contribution in [2.75, 3.05) is 31.8 Å². The van der Waals surface area contributed by atoms with Crippen molar-refractivity contribution in [1.29, 1.82) is 0 Å². The molecule has 2 aromatic rings. The Morgan fingerprint density at radius 2 is 1.87 bits per heavy atom. The minimum atomic E-state index is -0.883. The van der Waals surface area contributed by atoms with Crippen LogP contribution in [-0.2, 0) is 4.74 Å². The summed E-state index contributed by atoms with van der Waals surface area (Å²) in [6.45, 7) is 0. The average Bonchev–Trinajstić information content (AvgIpc) is 2.48. The number of methoxy groups -OCH3 is 1. The van der Waals surface area contributed by atoms with Gasteiger partial charge in [0.15, 0.2) is 5.56 Å². The van der Waals surface area contributed by atoms with Crippen LogP contribution in [0.2, 0.25) is 10.0 Å². The van der Waals surface area contributed by atoms with E-state index in [1.165, 1.54) is 0 Å². The lowest BCUT2D eigenvalue weighted by Gasteiger charge is -2.17. The lowest BCUT2D eigenvalue weighted by atomic mass is 10.2. The van der Waals surface area contributed by atoms with Crippen LogP contribution in [0.25, 0.3) is 5.69 Å². The molecule has 1 aromatic heterocycles. The molecule has 1 aromatic carbocycles. The van der Waals surface area contributed by atoms with Gasteiger partial charge in [0.25, 0.3) is 5.56 Å². The van der Waals surface area contributed by atoms with E-state index in [1.807, 2.05) is 19.0 Å². The summed E-state index contributed by atoms with van der Waals surface area (Å²) in [5, 5.41) is 0.455. The molecule has 23 heavy (non-hydrogen) atoms. The third-order valence-corrected chi connectivity index (χ3v) is 3.73. The number of nitrogens with zero attached hydrogens (tertiary/aromatic N) is 3. The number of esters is 1. The number of ether oxygens (including phenoxy) is 1. The van der Waals surface area contributed by atoms with Gasteiger partial charge in [0, 0.05) is 19.8 Å². The average molecular weight is 357 g/mol. The summed E-state index contributed by atoms with van der Waals surface area (Å²) in [7, 11) is 4.80. The minimum absolute atomic E-state index is 0.210. The monoisotopic (exact) mass is 356 g/mol. The Morgan fingerprint density at radius 1 is 1.30 bits per heavy atom. The van der Waals surface area contributed by atoms with E-state index in [9.17, 15) is 9.59 Å². The van der Waals surface area contributed by atoms with Crippen molar-refractivity contribution < 1.29 is 9.53 Å². The van der Waals surface area contributed by atoms with Gasteiger partial charge in [0.1, 0.15) is 12.1 Å². The first-order valence-corrected chi connectivity index (χ1v) is 7.15. The van der Waals surface area contributed by atoms with Gasteiger partial charge in [-0.2, -0.15) is 0 Å². The molecule has 0 bridgehead atoms. The molecule has 0 aliphatic carbocycles. The number of anilines is 2. The molecule has 0 radical (unpaired) electrons. The quantitative estimate of drug-likeness (QED) is 0.845. The number of nitrogen functional groups attached to an aromatic ring is 1. The Labute approximate surface area is 142 Å². The van der Waals surface area contributed by atoms with Crippen LogP contribution in [0, 0.1) is 0 Å². The van der Waals surface area contributed by atoms with E-state index in [4.69, 9.17) is 28.9 Å². The topological polar surface area (TPSA) is 90.5 Å². The van der Waals surface area contributed by atoms with Gasteiger partial charge < -0.3 is 15.4 Å². The van der Waals surface area contributed by atoms with Gasteiger partial charge in [-0.05, 0) is 12.1 Å². The van der Waals surface area contributed by atoms with Crippen molar-refractivity contribution in [2.24, 2.45) is 0 Å². The van der Waals surface area contributed by atoms with Gasteiger partial charge in [-0.25, -0.2) is 9.78 Å². The van der Waals surface area contributed by atoms with Crippen molar-refractivity contribution in [2.45, 2.75) is 0 Å². The van der Waals surface area contributed by atoms with E-state index in [-0.39, 0.29) is 27.1 Å². The standard InChI is InChI=1S/C14H14Cl2N4O3/c1-19(2)7-4-8(15)11(9(16)5-7)20-6-18-12(17)10(13(20)21)14(22)23-3/h4-6H,17H2,1-3H3. The van der Waals surface area contributed by atoms with Gasteiger partial charge >= 0.3 is 5.97 Å². The van der Waals surface area contributed by atoms with Crippen LogP contribution < -0.4 is 16.2 Å². The van der Waals surface area contributed by atoms with Crippen molar-refractivity contribution in [1.82, 2.24) is 9.55 Å². The fourth-order valence-electron chi connectivity index (χ4n) is 1.96. The molecule has 7 nitrogen and oxygen atoms in total. The highest BCUT2D eigenvalue weighted by molar-refractivity contribution is 6.38. The Hall–Kier alpha value is -2.25. The number of aromatic nitrogens is 2. The summed E-state index contributed by atoms with van der Waals surface area (Å²) in [6.07, 6.45) is 1.16. The number of halogens is 2. The van der Waals surface area contributed by atoms with Crippen LogP contribution in [0.15, 0.2) is 23.3 Å². The maximum Gasteiger partial charge on any atom is 0.347 e. The van der Waals surface area contributed by atoms with Crippen LogP contribution in [0.4, 0.5) is 11.5 Å². The first kappa shape index (κ1) is 17.1. The second-order valence-corrected chi connectivity index (χ2v) is 5.64. The van der Waals surface area contributed by atoms with Crippen LogP contribution in [0.1, 0.15) is 10.4 Å². The molecule has 0 saturated heterocycles. The SMILES string of the molecule is COC(=O)c1c(N)ncn(-c2c(Cl)cc(N(C)C)cc2Cl)c1=O. The smallest absolute Gasteiger partial charge is 0.347 e. The molecule has 1 heterocycles. The van der Waals surface area contributed by atoms with Crippen LogP contribution in [0.5, 0.6) is 0 Å². The predicted octanol–water partition coefficient (Wildman–Crippen LogP) is 1.97. The molecule has 0 unspecified atom stereocenters. The molecule has 0 aliphatic rings. The molecule has 0 spiro atoms. The van der Waals surface area contributed by atoms with Gasteiger partial charge in [0.2, 0.25) is 0 Å². The molecule has 0 amide bonds. The summed E-state index contributed by atoms with van der Waals surface area (Å²) in [5.41, 5.74) is 5.46. The van der Waals surface area contributed by atoms with Crippen molar-refractivity contribution >= 4 is 40.7 Å². The maximum atomic E-state index is 12.5. The van der Waals surface area contributed by atoms with Gasteiger partial charge in [-0.1, -0.05) is 23.2 Å². The van der Waals surface area contributed by atoms with Crippen LogP contribution in [-0.4, -0.2) is 36.7 Å². The van der Waals surface area contributed by atoms with Crippen molar-refractivity contribution in [3.05, 3.63) is 44.4 Å². The largest absolute Gasteiger partial charge is 0.465 e. The normalized spacial score (nSPS) is 10.5. The maximum absolute atomic E-state index is 12.5. The zero-order chi connectivity index (χ0) is 17.3. The Bertz CT molecular complexity index is 810. The molecular formula is C14H14Cl2N4O3. The third-order valence-electron chi connectivity index (χ3n) is 3.15. The fourth-order valence-corrected chi connectivity index (χ4v) is 2.62. The summed E-state index contributed by atoms with van der Waals surface area (Å²) in [5.74, 6) is -1.11. The lowest BCUT2D eigenvalue weighted by Crippen LogP contribution is -2.28. The van der Waals surface area contributed by atoms with Crippen LogP contribution >= 0.6 is 23.2 Å². The summed E-state index contributed by atoms with van der Waals surface area (Å²) < 4.78 is 5.62. The molecular weight excluding hydrogens is 343 g/mol. The molecule has 0 saturated carbocycles. The summed E-state index contributed by atoms with van der Waals surface area (Å²) in [4.78, 5) is 29.9. The first-order valence-electron chi connectivity index (χ1n) is 6.40. The van der Waals surface area contributed by atoms with E-state index in [2.05, 4.69) is 9.72 Å². The Morgan fingerprint density at radius 3 is 2.35 bits per heavy atom. The van der Waals surface area contributed by atoms with Crippen LogP contribution in [0.3, 0.4) is 0 Å². The van der Waals surface area contributed by atoms with Gasteiger partial charge in [0.05, 0.1) is 22.8 Å². The number of carbonyl (C=O) groups excluding carboxylic acids is 1. The van der Waals surface area contributed by atoms with E-state index in [1.54, 1.807) is 12.1 Å². The van der Waals surface area contributed by atoms with E-state index in [0.29, 0.717) is 0 Å². The van der Waals surface area contributed by atoms with Crippen molar-refractivity contribution in [3.8, 4) is 5.69 Å². The molecule has 0 fully saturated rings. The number of hydrogen-bond acceptors (Lipinski definition) is 6. The summed E-state index contributed by atoms with van der Waals surface area (Å²) in [6, 6.07) is 3.28. The van der Waals surface area contributed by atoms with E-state index < -0.39 is 11.5 Å². The molecule has 0 aliphatic heterocycles. The van der Waals surface area contributed by atoms with Gasteiger partial charge in [-0.15, -0.1) is 0 Å². The number of nitrogens with two attached hydrogens (primary N) is 1. The van der Waals surface area contributed by atoms with E-state index >= 15 is 0 Å². The third kappa shape index (κ3) is 3.11. The number of hydrogen-bond donors (Lipinski definition) is 1. The number of carbonyl (C=O) groups is 1. The van der Waals surface area contributed by atoms with E-state index in [0.717, 1.165) is 23.7 Å². The van der Waals surface area contributed by atoms with Gasteiger partial charge in [-0.3, -0.25) is 9.36 Å². The number of rotatable bonds is 3. The molecule has 2 N–H and O–H groups in total. The Balaban J connectivity index is 2.74. The Kier molecular flexibility index (Phi) is 4.82. The summed E-state index contributed by atoms with van der Waals surface area (Å²) >= 11 is 12.5. The fraction of sp³-hybridized carbons (Fsp3) is 0.214. The molecule has 0 atom stereocenters. The molecule has 9 heteroatoms. The molecule has 122 valence electrons. The zero-order valence-electron chi connectivity index (χ0n) is 12.6. The second-order valence-electron chi connectivity index (χ2n) is 4.82. The lowest BCUT2D eigenvalue weighted by molar-refractivity contribution is 0.0599. The van der Waals surface area contributed by atoms with Crippen molar-refractivity contribution in [3.63, 3.8) is 0 Å². The minimum Gasteiger partial charge on any atom is -0.465 e. The highest BCUT2D eigenvalue weighted by Gasteiger charge is 2.21. The second kappa shape index (κ2) is 6.47. The molecule has 2 rings (SSSR count). The first-order chi connectivity index (χ1) is 10.8. The number of benzene rings is 1. The zero-order valence-corrected chi connectivity index (χ0v) is 14.1.